The zero-order chi connectivity index (χ0) is 66.0. The Morgan fingerprint density at radius 2 is 0.523 bits per heavy atom. The number of aryl methyl sites for hydroxylation is 14. The quantitative estimate of drug-likeness (QED) is 0.135. The molecule has 12 aromatic rings. The molecule has 0 saturated heterocycles. The number of benzene rings is 8. The van der Waals surface area contributed by atoms with E-state index in [4.69, 9.17) is 8.22 Å². The zero-order valence-electron chi connectivity index (χ0n) is 58.0. The van der Waals surface area contributed by atoms with Gasteiger partial charge in [-0.25, -0.2) is 18.3 Å². The van der Waals surface area contributed by atoms with Crippen molar-refractivity contribution in [1.29, 1.82) is 0 Å². The van der Waals surface area contributed by atoms with Crippen LogP contribution in [0.5, 0.6) is 0 Å². The largest absolute Gasteiger partial charge is 0.213 e. The van der Waals surface area contributed by atoms with Crippen molar-refractivity contribution < 1.29 is 26.5 Å². The molecule has 0 N–H and O–H groups in total. The molecular weight excluding hydrogens is 1040 g/mol. The highest BCUT2D eigenvalue weighted by molar-refractivity contribution is 5.75. The van der Waals surface area contributed by atoms with Gasteiger partial charge in [-0.3, -0.25) is 0 Å². The predicted octanol–water partition coefficient (Wildman–Crippen LogP) is 18.5. The van der Waals surface area contributed by atoms with Crippen molar-refractivity contribution in [3.05, 3.63) is 311 Å². The second-order valence-electron chi connectivity index (χ2n) is 22.6. The van der Waals surface area contributed by atoms with Crippen LogP contribution in [0, 0.1) is 69.1 Å². The number of rotatable bonds is 8. The Balaban J connectivity index is 0.000000145. The minimum Gasteiger partial charge on any atom is -0.201 e. The Morgan fingerprint density at radius 3 is 0.907 bits per heavy atom. The maximum absolute atomic E-state index is 7.90. The lowest BCUT2D eigenvalue weighted by molar-refractivity contribution is -0.660. The molecule has 4 heteroatoms. The molecule has 0 fully saturated rings. The second kappa shape index (κ2) is 27.8. The van der Waals surface area contributed by atoms with E-state index in [9.17, 15) is 0 Å². The molecule has 0 amide bonds. The molecule has 0 radical (unpaired) electrons. The standard InChI is InChI=1S/2C21H22N.2C20H20N/c2*1-15-10-11-19(16(2)12-15)21-13-17(3)20(14-22(21)4)18-8-6-5-7-9-18;2*1-15-9-7-8-12-18(15)20-13-19(16(2)14-21(20)3)17-10-5-4-6-11-17/h2*5-14H,1-4H3;2*4-14H,1-3H3/q4*+1/i1D3;;2D3;. The summed E-state index contributed by atoms with van der Waals surface area (Å²) in [5, 5.41) is 0. The first kappa shape index (κ1) is 53.1. The van der Waals surface area contributed by atoms with Gasteiger partial charge in [0.2, 0.25) is 22.8 Å². The summed E-state index contributed by atoms with van der Waals surface area (Å²) in [6.45, 7) is 12.8. The summed E-state index contributed by atoms with van der Waals surface area (Å²) in [5.74, 6) is 0. The Kier molecular flexibility index (Phi) is 17.2. The van der Waals surface area contributed by atoms with Gasteiger partial charge >= 0.3 is 0 Å². The molecule has 0 spiro atoms. The molecule has 0 aliphatic heterocycles. The van der Waals surface area contributed by atoms with Crippen LogP contribution in [0.25, 0.3) is 89.5 Å². The van der Waals surface area contributed by atoms with Crippen LogP contribution in [0.3, 0.4) is 0 Å². The van der Waals surface area contributed by atoms with Gasteiger partial charge in [0, 0.05) is 77.0 Å². The molecule has 0 unspecified atom stereocenters. The maximum Gasteiger partial charge on any atom is 0.213 e. The van der Waals surface area contributed by atoms with Gasteiger partial charge in [-0.1, -0.05) is 193 Å². The first-order valence-corrected chi connectivity index (χ1v) is 29.5. The Labute approximate surface area is 521 Å². The molecule has 0 aliphatic rings. The van der Waals surface area contributed by atoms with Gasteiger partial charge in [0.15, 0.2) is 24.8 Å². The van der Waals surface area contributed by atoms with E-state index in [0.717, 1.165) is 44.8 Å². The topological polar surface area (TPSA) is 15.5 Å². The van der Waals surface area contributed by atoms with E-state index in [1.165, 1.54) is 89.3 Å². The SMILES string of the molecule is Cc1c[n+](C)c(-c2ccccc2C)cc1-c1ccccc1.Cc1ccc(-c2cc(C)c(-c3ccccc3)c[n+]2C)c(C)c1.[2H]C([2H])([2H])c1c[n+](C)c(-c2ccccc2C)cc1-c1ccccc1.[2H]C([2H])([2H])c1ccc(-c2cc(C)c(-c3ccccc3)c[n+]2C)c(C)c1. The molecule has 12 rings (SSSR count). The van der Waals surface area contributed by atoms with Gasteiger partial charge in [-0.15, -0.1) is 0 Å². The summed E-state index contributed by atoms with van der Waals surface area (Å²) >= 11 is 0. The van der Waals surface area contributed by atoms with Crippen LogP contribution in [0.4, 0.5) is 0 Å². The van der Waals surface area contributed by atoms with Crippen LogP contribution in [0.1, 0.15) is 63.9 Å². The van der Waals surface area contributed by atoms with E-state index >= 15 is 0 Å². The third-order valence-corrected chi connectivity index (χ3v) is 16.1. The Morgan fingerprint density at radius 1 is 0.221 bits per heavy atom. The molecule has 8 aromatic carbocycles. The summed E-state index contributed by atoms with van der Waals surface area (Å²) in [7, 11) is 8.16. The van der Waals surface area contributed by atoms with Crippen molar-refractivity contribution in [3.8, 4) is 89.5 Å². The van der Waals surface area contributed by atoms with Crippen molar-refractivity contribution in [2.75, 3.05) is 0 Å². The summed E-state index contributed by atoms with van der Waals surface area (Å²) in [4.78, 5) is 0. The predicted molar refractivity (Wildman–Crippen MR) is 361 cm³/mol. The van der Waals surface area contributed by atoms with Gasteiger partial charge in [0.05, 0.1) is 0 Å². The smallest absolute Gasteiger partial charge is 0.201 e. The highest BCUT2D eigenvalue weighted by atomic mass is 14.9. The molecule has 4 aromatic heterocycles. The molecule has 428 valence electrons. The minimum atomic E-state index is -2.16. The van der Waals surface area contributed by atoms with E-state index in [-0.39, 0.29) is 0 Å². The third-order valence-electron chi connectivity index (χ3n) is 16.1. The van der Waals surface area contributed by atoms with Gasteiger partial charge in [-0.05, 0) is 160 Å². The van der Waals surface area contributed by atoms with Crippen LogP contribution in [0.15, 0.2) is 255 Å². The molecule has 0 bridgehead atoms. The summed E-state index contributed by atoms with van der Waals surface area (Å²) < 4.78 is 54.9. The fraction of sp³-hybridized carbons (Fsp3) is 0.171. The number of pyridine rings is 4. The van der Waals surface area contributed by atoms with Crippen LogP contribution in [0.2, 0.25) is 0 Å². The summed E-state index contributed by atoms with van der Waals surface area (Å²) in [5.41, 5.74) is 29.1. The normalized spacial score (nSPS) is 12.0. The first-order chi connectivity index (χ1) is 43.9. The van der Waals surface area contributed by atoms with Gasteiger partial charge in [-0.2, -0.15) is 0 Å². The van der Waals surface area contributed by atoms with Crippen LogP contribution in [-0.2, 0) is 28.2 Å². The Hall–Kier alpha value is -9.64. The molecule has 4 heterocycles. The average Bonchev–Trinajstić information content (AvgIpc) is 0.872. The van der Waals surface area contributed by atoms with E-state index in [0.29, 0.717) is 11.1 Å². The zero-order valence-corrected chi connectivity index (χ0v) is 52.0. The second-order valence-corrected chi connectivity index (χ2v) is 22.6. The van der Waals surface area contributed by atoms with Crippen molar-refractivity contribution in [3.63, 3.8) is 0 Å². The molecule has 0 aliphatic carbocycles. The highest BCUT2D eigenvalue weighted by Gasteiger charge is 2.21. The van der Waals surface area contributed by atoms with Crippen LogP contribution >= 0.6 is 0 Å². The molecule has 0 atom stereocenters. The first-order valence-electron chi connectivity index (χ1n) is 32.5. The Bertz CT molecular complexity index is 4540. The van der Waals surface area contributed by atoms with Crippen molar-refractivity contribution >= 4 is 0 Å². The van der Waals surface area contributed by atoms with Crippen LogP contribution in [-0.4, -0.2) is 0 Å². The van der Waals surface area contributed by atoms with Gasteiger partial charge in [0.1, 0.15) is 28.2 Å². The summed E-state index contributed by atoms with van der Waals surface area (Å²) in [6.07, 6.45) is 8.32. The maximum atomic E-state index is 7.90. The van der Waals surface area contributed by atoms with Crippen molar-refractivity contribution in [1.82, 2.24) is 0 Å². The molecule has 4 nitrogen and oxygen atoms in total. The average molecular weight is 1130 g/mol. The lowest BCUT2D eigenvalue weighted by atomic mass is 9.97. The molecule has 86 heavy (non-hydrogen) atoms. The van der Waals surface area contributed by atoms with E-state index in [1.807, 2.05) is 98.4 Å². The lowest BCUT2D eigenvalue weighted by Crippen LogP contribution is -2.31. The third kappa shape index (κ3) is 14.5. The summed E-state index contributed by atoms with van der Waals surface area (Å²) in [6, 6.07) is 78.6. The number of nitrogens with zero attached hydrogens (tertiary/aromatic N) is 4. The fourth-order valence-electron chi connectivity index (χ4n) is 11.4. The number of aromatic nitrogens is 4. The highest BCUT2D eigenvalue weighted by Crippen LogP contribution is 2.32. The monoisotopic (exact) mass is 1130 g/mol. The van der Waals surface area contributed by atoms with E-state index in [2.05, 4.69) is 240 Å². The fourth-order valence-corrected chi connectivity index (χ4v) is 11.4. The van der Waals surface area contributed by atoms with Gasteiger partial charge in [0.25, 0.3) is 0 Å². The lowest BCUT2D eigenvalue weighted by Gasteiger charge is -2.10. The molecule has 0 saturated carbocycles. The van der Waals surface area contributed by atoms with Crippen molar-refractivity contribution in [2.45, 2.75) is 69.1 Å². The number of hydrogen-bond acceptors (Lipinski definition) is 0. The minimum absolute atomic E-state index is 0.369. The van der Waals surface area contributed by atoms with Crippen molar-refractivity contribution in [2.24, 2.45) is 28.2 Å². The van der Waals surface area contributed by atoms with Gasteiger partial charge < -0.3 is 0 Å². The van der Waals surface area contributed by atoms with Crippen LogP contribution < -0.4 is 18.3 Å². The van der Waals surface area contributed by atoms with E-state index < -0.39 is 13.7 Å². The molecular formula is C82H84N4+4. The van der Waals surface area contributed by atoms with E-state index in [1.54, 1.807) is 18.3 Å². The number of hydrogen-bond donors (Lipinski definition) is 0.